The fraction of sp³-hybridized carbons (Fsp3) is 0.333. The van der Waals surface area contributed by atoms with Crippen LogP contribution in [0, 0.1) is 0 Å². The summed E-state index contributed by atoms with van der Waals surface area (Å²) in [5.74, 6) is -0.685. The summed E-state index contributed by atoms with van der Waals surface area (Å²) < 4.78 is 32.2. The van der Waals surface area contributed by atoms with Crippen molar-refractivity contribution in [3.05, 3.63) is 41.5 Å². The van der Waals surface area contributed by atoms with Crippen molar-refractivity contribution < 1.29 is 22.7 Å². The zero-order valence-electron chi connectivity index (χ0n) is 15.3. The first kappa shape index (κ1) is 20.3. The van der Waals surface area contributed by atoms with Crippen molar-refractivity contribution in [2.24, 2.45) is 5.73 Å². The summed E-state index contributed by atoms with van der Waals surface area (Å²) in [5, 5.41) is 2.71. The topological polar surface area (TPSA) is 119 Å². The first-order chi connectivity index (χ1) is 13.3. The van der Waals surface area contributed by atoms with Gasteiger partial charge < -0.3 is 15.8 Å². The summed E-state index contributed by atoms with van der Waals surface area (Å²) in [6.07, 6.45) is 2.59. The summed E-state index contributed by atoms with van der Waals surface area (Å²) in [7, 11) is -2.21. The third-order valence-electron chi connectivity index (χ3n) is 4.46. The second kappa shape index (κ2) is 8.29. The molecule has 0 bridgehead atoms. The number of primary amides is 1. The molecule has 3 rings (SSSR count). The molecule has 2 aromatic rings. The number of hydrogen-bond donors (Lipinski definition) is 2. The highest BCUT2D eigenvalue weighted by atomic mass is 32.2. The summed E-state index contributed by atoms with van der Waals surface area (Å²) in [4.78, 5) is 24.3. The van der Waals surface area contributed by atoms with E-state index in [2.05, 4.69) is 5.32 Å². The molecule has 150 valence electrons. The van der Waals surface area contributed by atoms with Crippen LogP contribution in [0.5, 0.6) is 5.75 Å². The number of nitrogens with one attached hydrogen (secondary N) is 1. The van der Waals surface area contributed by atoms with Crippen molar-refractivity contribution in [1.29, 1.82) is 0 Å². The average Bonchev–Trinajstić information content (AvgIpc) is 3.13. The van der Waals surface area contributed by atoms with Gasteiger partial charge in [-0.2, -0.15) is 4.31 Å². The number of benzene rings is 1. The number of nitrogens with zero attached hydrogens (tertiary/aromatic N) is 1. The van der Waals surface area contributed by atoms with E-state index in [1.54, 1.807) is 24.3 Å². The maximum atomic E-state index is 12.9. The first-order valence-electron chi connectivity index (χ1n) is 8.72. The van der Waals surface area contributed by atoms with Gasteiger partial charge in [-0.05, 0) is 43.2 Å². The summed E-state index contributed by atoms with van der Waals surface area (Å²) in [5.41, 5.74) is 5.71. The van der Waals surface area contributed by atoms with E-state index in [1.807, 2.05) is 0 Å². The number of carbonyl (C=O) groups is 2. The van der Waals surface area contributed by atoms with Crippen molar-refractivity contribution in [2.45, 2.75) is 23.5 Å². The van der Waals surface area contributed by atoms with E-state index in [9.17, 15) is 18.0 Å². The Morgan fingerprint density at radius 1 is 1.14 bits per heavy atom. The van der Waals surface area contributed by atoms with Crippen LogP contribution in [0.1, 0.15) is 40.0 Å². The second-order valence-electron chi connectivity index (χ2n) is 6.32. The lowest BCUT2D eigenvalue weighted by molar-refractivity contribution is 0.100. The Morgan fingerprint density at radius 2 is 1.79 bits per heavy atom. The number of sulfonamides is 1. The Labute approximate surface area is 167 Å². The molecule has 3 N–H and O–H groups in total. The molecule has 2 heterocycles. The van der Waals surface area contributed by atoms with Crippen molar-refractivity contribution >= 4 is 38.2 Å². The van der Waals surface area contributed by atoms with E-state index in [-0.39, 0.29) is 14.8 Å². The van der Waals surface area contributed by atoms with Crippen LogP contribution < -0.4 is 15.8 Å². The molecule has 1 aromatic heterocycles. The van der Waals surface area contributed by atoms with Crippen molar-refractivity contribution in [2.75, 3.05) is 25.5 Å². The maximum Gasteiger partial charge on any atom is 0.256 e. The van der Waals surface area contributed by atoms with Crippen molar-refractivity contribution in [3.63, 3.8) is 0 Å². The number of anilines is 1. The number of nitrogens with two attached hydrogens (primary N) is 1. The van der Waals surface area contributed by atoms with Crippen LogP contribution in [-0.2, 0) is 10.0 Å². The van der Waals surface area contributed by atoms with Gasteiger partial charge in [-0.25, -0.2) is 8.42 Å². The standard InChI is InChI=1S/C18H21N3O5S2/c1-26-13-7-5-12(6-8-13)17(23)20-18-14(16(19)22)11-15(27-18)28(24,25)21-9-3-2-4-10-21/h5-8,11H,2-4,9-10H2,1H3,(H2,19,22)(H,20,23). The lowest BCUT2D eigenvalue weighted by Gasteiger charge is -2.25. The Kier molecular flexibility index (Phi) is 6.01. The van der Waals surface area contributed by atoms with Gasteiger partial charge in [0.1, 0.15) is 15.0 Å². The third-order valence-corrected chi connectivity index (χ3v) is 7.86. The Hall–Kier alpha value is -2.43. The first-order valence-corrected chi connectivity index (χ1v) is 11.0. The zero-order valence-corrected chi connectivity index (χ0v) is 16.9. The molecule has 0 saturated carbocycles. The maximum absolute atomic E-state index is 12.9. The molecule has 1 aliphatic heterocycles. The van der Waals surface area contributed by atoms with Gasteiger partial charge >= 0.3 is 0 Å². The molecule has 1 fully saturated rings. The molecule has 0 atom stereocenters. The number of amides is 2. The normalized spacial score (nSPS) is 15.2. The largest absolute Gasteiger partial charge is 0.497 e. The fourth-order valence-electron chi connectivity index (χ4n) is 2.92. The van der Waals surface area contributed by atoms with Gasteiger partial charge in [0.15, 0.2) is 0 Å². The Morgan fingerprint density at radius 3 is 2.36 bits per heavy atom. The second-order valence-corrected chi connectivity index (χ2v) is 9.54. The lowest BCUT2D eigenvalue weighted by Crippen LogP contribution is -2.35. The predicted octanol–water partition coefficient (Wildman–Crippen LogP) is 2.28. The van der Waals surface area contributed by atoms with E-state index < -0.39 is 21.8 Å². The van der Waals surface area contributed by atoms with Crippen LogP contribution >= 0.6 is 11.3 Å². The van der Waals surface area contributed by atoms with Gasteiger partial charge in [0.2, 0.25) is 0 Å². The van der Waals surface area contributed by atoms with Gasteiger partial charge in [-0.3, -0.25) is 9.59 Å². The molecule has 8 nitrogen and oxygen atoms in total. The molecule has 0 radical (unpaired) electrons. The molecule has 10 heteroatoms. The third kappa shape index (κ3) is 4.18. The highest BCUT2D eigenvalue weighted by Gasteiger charge is 2.30. The van der Waals surface area contributed by atoms with Crippen LogP contribution in [0.15, 0.2) is 34.5 Å². The van der Waals surface area contributed by atoms with Gasteiger partial charge in [-0.1, -0.05) is 6.42 Å². The highest BCUT2D eigenvalue weighted by Crippen LogP contribution is 2.34. The van der Waals surface area contributed by atoms with E-state index in [1.165, 1.54) is 17.5 Å². The molecule has 28 heavy (non-hydrogen) atoms. The van der Waals surface area contributed by atoms with Crippen LogP contribution in [0.2, 0.25) is 0 Å². The number of carbonyl (C=O) groups excluding carboxylic acids is 2. The quantitative estimate of drug-likeness (QED) is 0.739. The SMILES string of the molecule is COc1ccc(C(=O)Nc2sc(S(=O)(=O)N3CCCCC3)cc2C(N)=O)cc1. The molecule has 0 spiro atoms. The molecular formula is C18H21N3O5S2. The number of ether oxygens (including phenoxy) is 1. The van der Waals surface area contributed by atoms with E-state index >= 15 is 0 Å². The predicted molar refractivity (Wildman–Crippen MR) is 106 cm³/mol. The van der Waals surface area contributed by atoms with E-state index in [0.717, 1.165) is 30.6 Å². The number of rotatable bonds is 6. The van der Waals surface area contributed by atoms with Crippen LogP contribution in [-0.4, -0.2) is 44.7 Å². The smallest absolute Gasteiger partial charge is 0.256 e. The molecule has 1 aromatic carbocycles. The fourth-order valence-corrected chi connectivity index (χ4v) is 5.96. The highest BCUT2D eigenvalue weighted by molar-refractivity contribution is 7.91. The van der Waals surface area contributed by atoms with Crippen LogP contribution in [0.3, 0.4) is 0 Å². The van der Waals surface area contributed by atoms with Crippen molar-refractivity contribution in [1.82, 2.24) is 4.31 Å². The molecule has 0 unspecified atom stereocenters. The summed E-state index contributed by atoms with van der Waals surface area (Å²) in [6, 6.07) is 7.63. The number of thiophene rings is 1. The molecule has 0 aliphatic carbocycles. The van der Waals surface area contributed by atoms with E-state index in [4.69, 9.17) is 10.5 Å². The molecular weight excluding hydrogens is 402 g/mol. The zero-order chi connectivity index (χ0) is 20.3. The van der Waals surface area contributed by atoms with Gasteiger partial charge in [0.25, 0.3) is 21.8 Å². The summed E-state index contributed by atoms with van der Waals surface area (Å²) in [6.45, 7) is 0.888. The lowest BCUT2D eigenvalue weighted by atomic mass is 10.2. The average molecular weight is 424 g/mol. The van der Waals surface area contributed by atoms with Crippen molar-refractivity contribution in [3.8, 4) is 5.75 Å². The minimum Gasteiger partial charge on any atom is -0.497 e. The minimum absolute atomic E-state index is 0.00627. The Bertz CT molecular complexity index is 977. The number of methoxy groups -OCH3 is 1. The molecule has 2 amide bonds. The number of hydrogen-bond acceptors (Lipinski definition) is 6. The number of piperidine rings is 1. The van der Waals surface area contributed by atoms with E-state index in [0.29, 0.717) is 24.4 Å². The van der Waals surface area contributed by atoms with Gasteiger partial charge in [-0.15, -0.1) is 11.3 Å². The van der Waals surface area contributed by atoms with Gasteiger partial charge in [0, 0.05) is 18.7 Å². The summed E-state index contributed by atoms with van der Waals surface area (Å²) >= 11 is 0.832. The molecule has 1 aliphatic rings. The van der Waals surface area contributed by atoms with Crippen LogP contribution in [0.4, 0.5) is 5.00 Å². The Balaban J connectivity index is 1.88. The molecule has 1 saturated heterocycles. The monoisotopic (exact) mass is 423 g/mol. The van der Waals surface area contributed by atoms with Gasteiger partial charge in [0.05, 0.1) is 12.7 Å². The minimum atomic E-state index is -3.73. The van der Waals surface area contributed by atoms with Crippen LogP contribution in [0.25, 0.3) is 0 Å².